The molecule has 0 aromatic heterocycles. The molecule has 0 aliphatic carbocycles. The van der Waals surface area contributed by atoms with Crippen LogP contribution in [0.5, 0.6) is 0 Å². The first-order chi connectivity index (χ1) is 7.01. The van der Waals surface area contributed by atoms with Gasteiger partial charge in [-0.05, 0) is 33.4 Å². The van der Waals surface area contributed by atoms with Gasteiger partial charge in [-0.1, -0.05) is 29.8 Å². The van der Waals surface area contributed by atoms with Crippen LogP contribution < -0.4 is 5.32 Å². The van der Waals surface area contributed by atoms with Gasteiger partial charge in [0.25, 0.3) is 0 Å². The average Bonchev–Trinajstić information content (AvgIpc) is 2.18. The van der Waals surface area contributed by atoms with E-state index >= 15 is 0 Å². The van der Waals surface area contributed by atoms with Crippen LogP contribution in [0.4, 0.5) is 0 Å². The second-order valence-corrected chi connectivity index (χ2v) is 4.44. The zero-order valence-electron chi connectivity index (χ0n) is 10.3. The highest BCUT2D eigenvalue weighted by Gasteiger charge is 2.29. The van der Waals surface area contributed by atoms with Gasteiger partial charge in [0.05, 0.1) is 11.6 Å². The molecule has 1 aromatic carbocycles. The van der Waals surface area contributed by atoms with E-state index in [0.29, 0.717) is 0 Å². The predicted octanol–water partition coefficient (Wildman–Crippen LogP) is 2.68. The molecule has 0 aliphatic rings. The molecule has 0 aliphatic heterocycles. The summed E-state index contributed by atoms with van der Waals surface area (Å²) in [6, 6.07) is 8.73. The highest BCUT2D eigenvalue weighted by atomic mass is 16.5. The van der Waals surface area contributed by atoms with Gasteiger partial charge in [0.1, 0.15) is 0 Å². The Bertz CT molecular complexity index is 320. The smallest absolute Gasteiger partial charge is 0.0816 e. The number of hydrogen-bond donors (Lipinski definition) is 1. The Kier molecular flexibility index (Phi) is 3.89. The van der Waals surface area contributed by atoms with Gasteiger partial charge in [-0.2, -0.15) is 0 Å². The number of rotatable bonds is 4. The molecule has 2 heteroatoms. The van der Waals surface area contributed by atoms with E-state index in [2.05, 4.69) is 50.4 Å². The minimum absolute atomic E-state index is 0.206. The summed E-state index contributed by atoms with van der Waals surface area (Å²) < 4.78 is 5.52. The Morgan fingerprint density at radius 1 is 1.33 bits per heavy atom. The largest absolute Gasteiger partial charge is 0.377 e. The number of hydrogen-bond acceptors (Lipinski definition) is 2. The molecule has 1 aromatic rings. The maximum atomic E-state index is 5.52. The lowest BCUT2D eigenvalue weighted by Crippen LogP contribution is -2.39. The lowest BCUT2D eigenvalue weighted by Gasteiger charge is -2.33. The second-order valence-electron chi connectivity index (χ2n) is 4.44. The summed E-state index contributed by atoms with van der Waals surface area (Å²) in [4.78, 5) is 0. The fraction of sp³-hybridized carbons (Fsp3) is 0.538. The molecule has 1 rings (SSSR count). The quantitative estimate of drug-likeness (QED) is 0.819. The third-order valence-electron chi connectivity index (χ3n) is 2.89. The molecule has 0 saturated heterocycles. The first-order valence-corrected chi connectivity index (χ1v) is 5.30. The summed E-state index contributed by atoms with van der Waals surface area (Å²) in [5, 5.41) is 3.31. The summed E-state index contributed by atoms with van der Waals surface area (Å²) in [6.45, 7) is 6.29. The zero-order valence-corrected chi connectivity index (χ0v) is 10.3. The Balaban J connectivity index is 3.02. The van der Waals surface area contributed by atoms with Crippen molar-refractivity contribution in [1.82, 2.24) is 5.32 Å². The van der Waals surface area contributed by atoms with Crippen molar-refractivity contribution in [2.24, 2.45) is 0 Å². The van der Waals surface area contributed by atoms with E-state index < -0.39 is 0 Å². The van der Waals surface area contributed by atoms with Crippen molar-refractivity contribution in [3.05, 3.63) is 35.4 Å². The van der Waals surface area contributed by atoms with Crippen molar-refractivity contribution in [3.63, 3.8) is 0 Å². The molecule has 1 unspecified atom stereocenters. The summed E-state index contributed by atoms with van der Waals surface area (Å²) in [5.74, 6) is 0. The number of aryl methyl sites for hydroxylation is 1. The highest BCUT2D eigenvalue weighted by molar-refractivity contribution is 5.26. The van der Waals surface area contributed by atoms with E-state index in [-0.39, 0.29) is 11.6 Å². The van der Waals surface area contributed by atoms with Gasteiger partial charge in [-0.3, -0.25) is 0 Å². The molecule has 0 radical (unpaired) electrons. The first kappa shape index (κ1) is 12.2. The Labute approximate surface area is 92.6 Å². The van der Waals surface area contributed by atoms with E-state index in [4.69, 9.17) is 4.74 Å². The Morgan fingerprint density at radius 2 is 2.00 bits per heavy atom. The summed E-state index contributed by atoms with van der Waals surface area (Å²) in [5.41, 5.74) is 2.34. The molecule has 0 spiro atoms. The molecule has 0 saturated carbocycles. The SMILES string of the molecule is CNC(c1cccc(C)c1)C(C)(C)OC. The Hall–Kier alpha value is -0.860. The van der Waals surface area contributed by atoms with Gasteiger partial charge >= 0.3 is 0 Å². The van der Waals surface area contributed by atoms with Crippen molar-refractivity contribution in [1.29, 1.82) is 0 Å². The monoisotopic (exact) mass is 207 g/mol. The third-order valence-corrected chi connectivity index (χ3v) is 2.89. The lowest BCUT2D eigenvalue weighted by molar-refractivity contribution is -0.00899. The topological polar surface area (TPSA) is 21.3 Å². The van der Waals surface area contributed by atoms with Crippen LogP contribution in [0, 0.1) is 6.92 Å². The number of likely N-dealkylation sites (N-methyl/N-ethyl adjacent to an activating group) is 1. The maximum absolute atomic E-state index is 5.52. The predicted molar refractivity (Wildman–Crippen MR) is 64.1 cm³/mol. The van der Waals surface area contributed by atoms with Crippen molar-refractivity contribution in [3.8, 4) is 0 Å². The van der Waals surface area contributed by atoms with Crippen LogP contribution in [0.25, 0.3) is 0 Å². The standard InChI is InChI=1S/C13H21NO/c1-10-7-6-8-11(9-10)12(14-4)13(2,3)15-5/h6-9,12,14H,1-5H3. The van der Waals surface area contributed by atoms with Gasteiger partial charge in [0.2, 0.25) is 0 Å². The molecule has 0 amide bonds. The molecule has 1 N–H and O–H groups in total. The summed E-state index contributed by atoms with van der Waals surface area (Å²) in [6.07, 6.45) is 0. The molecule has 2 nitrogen and oxygen atoms in total. The fourth-order valence-corrected chi connectivity index (χ4v) is 1.88. The van der Waals surface area contributed by atoms with Crippen molar-refractivity contribution < 1.29 is 4.74 Å². The van der Waals surface area contributed by atoms with Crippen LogP contribution in [0.1, 0.15) is 31.0 Å². The van der Waals surface area contributed by atoms with Gasteiger partial charge in [-0.25, -0.2) is 0 Å². The third kappa shape index (κ3) is 2.80. The van der Waals surface area contributed by atoms with E-state index in [0.717, 1.165) is 0 Å². The van der Waals surface area contributed by atoms with Crippen LogP contribution in [0.3, 0.4) is 0 Å². The minimum Gasteiger partial charge on any atom is -0.377 e. The number of benzene rings is 1. The van der Waals surface area contributed by atoms with Crippen LogP contribution in [0.15, 0.2) is 24.3 Å². The highest BCUT2D eigenvalue weighted by Crippen LogP contribution is 2.28. The maximum Gasteiger partial charge on any atom is 0.0816 e. The van der Waals surface area contributed by atoms with Crippen molar-refractivity contribution >= 4 is 0 Å². The minimum atomic E-state index is -0.206. The van der Waals surface area contributed by atoms with Crippen molar-refractivity contribution in [2.75, 3.05) is 14.2 Å². The van der Waals surface area contributed by atoms with Gasteiger partial charge in [-0.15, -0.1) is 0 Å². The molecule has 0 bridgehead atoms. The molecular weight excluding hydrogens is 186 g/mol. The fourth-order valence-electron chi connectivity index (χ4n) is 1.88. The second kappa shape index (κ2) is 4.77. The average molecular weight is 207 g/mol. The molecule has 1 atom stereocenters. The molecule has 0 heterocycles. The number of nitrogens with one attached hydrogen (secondary N) is 1. The molecule has 0 fully saturated rings. The van der Waals surface area contributed by atoms with Gasteiger partial charge in [0.15, 0.2) is 0 Å². The van der Waals surface area contributed by atoms with Gasteiger partial charge in [0, 0.05) is 7.11 Å². The van der Waals surface area contributed by atoms with E-state index in [1.165, 1.54) is 11.1 Å². The van der Waals surface area contributed by atoms with Crippen LogP contribution in [0.2, 0.25) is 0 Å². The zero-order chi connectivity index (χ0) is 11.5. The van der Waals surface area contributed by atoms with Gasteiger partial charge < -0.3 is 10.1 Å². The van der Waals surface area contributed by atoms with E-state index in [1.54, 1.807) is 7.11 Å². The van der Waals surface area contributed by atoms with Crippen LogP contribution in [-0.2, 0) is 4.74 Å². The molecule has 84 valence electrons. The van der Waals surface area contributed by atoms with Crippen molar-refractivity contribution in [2.45, 2.75) is 32.4 Å². The molecular formula is C13H21NO. The normalized spacial score (nSPS) is 13.9. The number of methoxy groups -OCH3 is 1. The summed E-state index contributed by atoms with van der Waals surface area (Å²) >= 11 is 0. The van der Waals surface area contributed by atoms with Crippen LogP contribution in [-0.4, -0.2) is 19.8 Å². The number of ether oxygens (including phenoxy) is 1. The molecule has 15 heavy (non-hydrogen) atoms. The summed E-state index contributed by atoms with van der Waals surface area (Å²) in [7, 11) is 3.72. The van der Waals surface area contributed by atoms with E-state index in [9.17, 15) is 0 Å². The van der Waals surface area contributed by atoms with E-state index in [1.807, 2.05) is 7.05 Å². The lowest BCUT2D eigenvalue weighted by atomic mass is 9.91. The first-order valence-electron chi connectivity index (χ1n) is 5.30. The van der Waals surface area contributed by atoms with Crippen LogP contribution >= 0.6 is 0 Å². The Morgan fingerprint density at radius 3 is 2.47 bits per heavy atom.